The van der Waals surface area contributed by atoms with Crippen LogP contribution in [0.1, 0.15) is 12.8 Å². The van der Waals surface area contributed by atoms with Gasteiger partial charge in [0.15, 0.2) is 0 Å². The number of benzene rings is 1. The second-order valence-corrected chi connectivity index (χ2v) is 7.23. The monoisotopic (exact) mass is 352 g/mol. The van der Waals surface area contributed by atoms with Gasteiger partial charge in [0.2, 0.25) is 10.0 Å². The van der Waals surface area contributed by atoms with Crippen molar-refractivity contribution in [1.82, 2.24) is 10.0 Å². The number of nitrogens with one attached hydrogen (secondary N) is 2. The SMILES string of the molecule is O=S(=O)(NC1CCNCC1)c1ccc(Br)cc1Cl. The van der Waals surface area contributed by atoms with E-state index in [0.29, 0.717) is 0 Å². The predicted molar refractivity (Wildman–Crippen MR) is 75.4 cm³/mol. The van der Waals surface area contributed by atoms with E-state index in [-0.39, 0.29) is 16.0 Å². The van der Waals surface area contributed by atoms with Gasteiger partial charge in [-0.05, 0) is 44.1 Å². The van der Waals surface area contributed by atoms with Gasteiger partial charge in [0.25, 0.3) is 0 Å². The largest absolute Gasteiger partial charge is 0.317 e. The summed E-state index contributed by atoms with van der Waals surface area (Å²) in [6.45, 7) is 1.67. The number of rotatable bonds is 3. The lowest BCUT2D eigenvalue weighted by atomic mass is 10.1. The Labute approximate surface area is 120 Å². The third-order valence-electron chi connectivity index (χ3n) is 2.84. The third-order valence-corrected chi connectivity index (χ3v) is 5.34. The molecule has 4 nitrogen and oxygen atoms in total. The van der Waals surface area contributed by atoms with E-state index in [1.54, 1.807) is 12.1 Å². The van der Waals surface area contributed by atoms with Gasteiger partial charge in [-0.2, -0.15) is 0 Å². The van der Waals surface area contributed by atoms with Crippen molar-refractivity contribution in [3.8, 4) is 0 Å². The normalized spacial score (nSPS) is 17.9. The fourth-order valence-corrected chi connectivity index (χ4v) is 4.26. The van der Waals surface area contributed by atoms with Gasteiger partial charge in [0.1, 0.15) is 4.90 Å². The summed E-state index contributed by atoms with van der Waals surface area (Å²) < 4.78 is 27.9. The number of hydrogen-bond acceptors (Lipinski definition) is 3. The summed E-state index contributed by atoms with van der Waals surface area (Å²) in [4.78, 5) is 0.130. The van der Waals surface area contributed by atoms with E-state index in [4.69, 9.17) is 11.6 Å². The van der Waals surface area contributed by atoms with Crippen molar-refractivity contribution < 1.29 is 8.42 Å². The average Bonchev–Trinajstić information content (AvgIpc) is 2.29. The molecule has 100 valence electrons. The topological polar surface area (TPSA) is 58.2 Å². The van der Waals surface area contributed by atoms with Gasteiger partial charge < -0.3 is 5.32 Å². The molecule has 0 saturated carbocycles. The van der Waals surface area contributed by atoms with E-state index < -0.39 is 10.0 Å². The van der Waals surface area contributed by atoms with Crippen LogP contribution < -0.4 is 10.0 Å². The summed E-state index contributed by atoms with van der Waals surface area (Å²) in [5, 5.41) is 3.42. The summed E-state index contributed by atoms with van der Waals surface area (Å²) >= 11 is 9.22. The van der Waals surface area contributed by atoms with Crippen LogP contribution in [0, 0.1) is 0 Å². The highest BCUT2D eigenvalue weighted by atomic mass is 79.9. The summed E-state index contributed by atoms with van der Waals surface area (Å²) in [5.41, 5.74) is 0. The third kappa shape index (κ3) is 3.45. The molecule has 1 heterocycles. The molecule has 0 atom stereocenters. The zero-order chi connectivity index (χ0) is 13.2. The molecule has 1 fully saturated rings. The molecule has 0 aliphatic carbocycles. The quantitative estimate of drug-likeness (QED) is 0.875. The molecule has 0 bridgehead atoms. The Bertz CT molecular complexity index is 530. The van der Waals surface area contributed by atoms with E-state index in [9.17, 15) is 8.42 Å². The van der Waals surface area contributed by atoms with Crippen LogP contribution in [0.3, 0.4) is 0 Å². The number of piperidine rings is 1. The van der Waals surface area contributed by atoms with Crippen LogP contribution >= 0.6 is 27.5 Å². The minimum absolute atomic E-state index is 0.0176. The molecule has 0 aromatic heterocycles. The molecular formula is C11H14BrClN2O2S. The fraction of sp³-hybridized carbons (Fsp3) is 0.455. The molecule has 7 heteroatoms. The molecule has 2 N–H and O–H groups in total. The maximum Gasteiger partial charge on any atom is 0.242 e. The first-order valence-electron chi connectivity index (χ1n) is 5.67. The van der Waals surface area contributed by atoms with Crippen LogP contribution in [0.5, 0.6) is 0 Å². The highest BCUT2D eigenvalue weighted by molar-refractivity contribution is 9.10. The van der Waals surface area contributed by atoms with E-state index in [0.717, 1.165) is 30.4 Å². The second-order valence-electron chi connectivity index (χ2n) is 4.22. The second kappa shape index (κ2) is 5.88. The zero-order valence-corrected chi connectivity index (χ0v) is 12.8. The zero-order valence-electron chi connectivity index (χ0n) is 9.62. The Morgan fingerprint density at radius 3 is 2.61 bits per heavy atom. The van der Waals surface area contributed by atoms with Crippen molar-refractivity contribution in [2.45, 2.75) is 23.8 Å². The van der Waals surface area contributed by atoms with Gasteiger partial charge in [-0.25, -0.2) is 13.1 Å². The van der Waals surface area contributed by atoms with Crippen molar-refractivity contribution >= 4 is 37.6 Å². The molecule has 1 saturated heterocycles. The number of hydrogen-bond donors (Lipinski definition) is 2. The summed E-state index contributed by atoms with van der Waals surface area (Å²) in [7, 11) is -3.54. The van der Waals surface area contributed by atoms with Crippen molar-refractivity contribution in [3.05, 3.63) is 27.7 Å². The lowest BCUT2D eigenvalue weighted by molar-refractivity contribution is 0.427. The summed E-state index contributed by atoms with van der Waals surface area (Å²) in [6.07, 6.45) is 1.60. The molecule has 18 heavy (non-hydrogen) atoms. The van der Waals surface area contributed by atoms with Gasteiger partial charge in [0, 0.05) is 10.5 Å². The molecule has 0 amide bonds. The molecule has 1 aromatic carbocycles. The Morgan fingerprint density at radius 2 is 2.00 bits per heavy atom. The lowest BCUT2D eigenvalue weighted by Crippen LogP contribution is -2.42. The van der Waals surface area contributed by atoms with Crippen molar-refractivity contribution in [2.75, 3.05) is 13.1 Å². The van der Waals surface area contributed by atoms with Crippen LogP contribution in [-0.4, -0.2) is 27.5 Å². The van der Waals surface area contributed by atoms with Crippen molar-refractivity contribution in [1.29, 1.82) is 0 Å². The van der Waals surface area contributed by atoms with Crippen molar-refractivity contribution in [3.63, 3.8) is 0 Å². The maximum atomic E-state index is 12.2. The highest BCUT2D eigenvalue weighted by Crippen LogP contribution is 2.25. The Kier molecular flexibility index (Phi) is 4.66. The molecule has 1 aromatic rings. The molecular weight excluding hydrogens is 340 g/mol. The van der Waals surface area contributed by atoms with Crippen LogP contribution in [0.15, 0.2) is 27.6 Å². The summed E-state index contributed by atoms with van der Waals surface area (Å²) in [6, 6.07) is 4.74. The van der Waals surface area contributed by atoms with E-state index in [1.165, 1.54) is 6.07 Å². The molecule has 1 aliphatic rings. The van der Waals surface area contributed by atoms with Gasteiger partial charge in [-0.15, -0.1) is 0 Å². The number of sulfonamides is 1. The van der Waals surface area contributed by atoms with E-state index in [1.807, 2.05) is 0 Å². The first-order chi connectivity index (χ1) is 8.49. The summed E-state index contributed by atoms with van der Waals surface area (Å²) in [5.74, 6) is 0. The minimum atomic E-state index is -3.54. The van der Waals surface area contributed by atoms with Gasteiger partial charge in [-0.3, -0.25) is 0 Å². The van der Waals surface area contributed by atoms with Crippen molar-refractivity contribution in [2.24, 2.45) is 0 Å². The molecule has 1 aliphatic heterocycles. The van der Waals surface area contributed by atoms with E-state index >= 15 is 0 Å². The Morgan fingerprint density at radius 1 is 1.33 bits per heavy atom. The van der Waals surface area contributed by atoms with Crippen LogP contribution in [-0.2, 0) is 10.0 Å². The predicted octanol–water partition coefficient (Wildman–Crippen LogP) is 2.13. The number of halogens is 2. The lowest BCUT2D eigenvalue weighted by Gasteiger charge is -2.23. The smallest absolute Gasteiger partial charge is 0.242 e. The molecule has 0 spiro atoms. The maximum absolute atomic E-state index is 12.2. The minimum Gasteiger partial charge on any atom is -0.317 e. The Hall–Kier alpha value is -0.140. The fourth-order valence-electron chi connectivity index (χ4n) is 1.92. The standard InChI is InChI=1S/C11H14BrClN2O2S/c12-8-1-2-11(10(13)7-8)18(16,17)15-9-3-5-14-6-4-9/h1-2,7,9,14-15H,3-6H2. The van der Waals surface area contributed by atoms with Crippen LogP contribution in [0.4, 0.5) is 0 Å². The first kappa shape index (κ1) is 14.3. The van der Waals surface area contributed by atoms with Gasteiger partial charge >= 0.3 is 0 Å². The van der Waals surface area contributed by atoms with Crippen LogP contribution in [0.25, 0.3) is 0 Å². The highest BCUT2D eigenvalue weighted by Gasteiger charge is 2.23. The molecule has 2 rings (SSSR count). The van der Waals surface area contributed by atoms with Gasteiger partial charge in [-0.1, -0.05) is 27.5 Å². The van der Waals surface area contributed by atoms with Gasteiger partial charge in [0.05, 0.1) is 5.02 Å². The first-order valence-corrected chi connectivity index (χ1v) is 8.32. The van der Waals surface area contributed by atoms with Crippen LogP contribution in [0.2, 0.25) is 5.02 Å². The Balaban J connectivity index is 2.19. The molecule has 0 unspecified atom stereocenters. The average molecular weight is 354 g/mol. The van der Waals surface area contributed by atoms with E-state index in [2.05, 4.69) is 26.0 Å². The molecule has 0 radical (unpaired) electrons.